The van der Waals surface area contributed by atoms with E-state index >= 15 is 0 Å². The summed E-state index contributed by atoms with van der Waals surface area (Å²) >= 11 is 3.69. The minimum atomic E-state index is 0. The van der Waals surface area contributed by atoms with E-state index < -0.39 is 0 Å². The average molecular weight is 398 g/mol. The highest BCUT2D eigenvalue weighted by atomic mass is 127. The molecule has 0 amide bonds. The van der Waals surface area contributed by atoms with Gasteiger partial charge in [-0.05, 0) is 23.5 Å². The van der Waals surface area contributed by atoms with Gasteiger partial charge in [-0.1, -0.05) is 0 Å². The lowest BCUT2D eigenvalue weighted by atomic mass is 10.2. The Morgan fingerprint density at radius 2 is 1.44 bits per heavy atom. The van der Waals surface area contributed by atoms with Crippen molar-refractivity contribution < 1.29 is 38.2 Å². The van der Waals surface area contributed by atoms with Crippen LogP contribution in [-0.4, -0.2) is 32.8 Å². The Hall–Kier alpha value is -0.0800. The first-order chi connectivity index (χ1) is 8.30. The van der Waals surface area contributed by atoms with Crippen molar-refractivity contribution >= 4 is 23.5 Å². The largest absolute Gasteiger partial charge is 1.00 e. The first-order valence-electron chi connectivity index (χ1n) is 5.23. The van der Waals surface area contributed by atoms with Gasteiger partial charge in [-0.3, -0.25) is 0 Å². The second-order valence-corrected chi connectivity index (χ2v) is 5.86. The zero-order valence-electron chi connectivity index (χ0n) is 10.5. The molecule has 18 heavy (non-hydrogen) atoms. The molecule has 0 aliphatic carbocycles. The van der Waals surface area contributed by atoms with Crippen LogP contribution in [0.2, 0.25) is 0 Å². The number of thioether (sulfide) groups is 2. The summed E-state index contributed by atoms with van der Waals surface area (Å²) in [6.07, 6.45) is 0. The van der Waals surface area contributed by atoms with Gasteiger partial charge in [0.25, 0.3) is 0 Å². The summed E-state index contributed by atoms with van der Waals surface area (Å²) in [5.74, 6) is 4.63. The molecular weight excluding hydrogens is 383 g/mol. The molecule has 1 saturated heterocycles. The van der Waals surface area contributed by atoms with Crippen LogP contribution in [0.3, 0.4) is 0 Å². The molecule has 0 radical (unpaired) electrons. The fraction of sp³-hybridized carbons (Fsp3) is 0.417. The number of ether oxygens (including phenoxy) is 3. The normalized spacial score (nSPS) is 14.1. The molecule has 0 unspecified atom stereocenters. The van der Waals surface area contributed by atoms with Crippen molar-refractivity contribution in [2.45, 2.75) is 0 Å². The van der Waals surface area contributed by atoms with Crippen LogP contribution in [0.25, 0.3) is 0 Å². The molecular formula is C12H15IO3S2. The molecule has 0 bridgehead atoms. The molecule has 1 heterocycles. The average Bonchev–Trinajstić information content (AvgIpc) is 2.90. The van der Waals surface area contributed by atoms with Crippen LogP contribution >= 0.6 is 23.5 Å². The van der Waals surface area contributed by atoms with Crippen LogP contribution in [0.4, 0.5) is 0 Å². The van der Waals surface area contributed by atoms with Gasteiger partial charge in [0, 0.05) is 11.5 Å². The SMILES string of the molecule is COc1cc(OC)c([C+]2SCCS2)c(OC)c1.[I-]. The van der Waals surface area contributed by atoms with Gasteiger partial charge in [-0.2, -0.15) is 0 Å². The van der Waals surface area contributed by atoms with Gasteiger partial charge in [0.2, 0.25) is 17.1 Å². The molecule has 3 nitrogen and oxygen atoms in total. The lowest BCUT2D eigenvalue weighted by Gasteiger charge is -2.09. The highest BCUT2D eigenvalue weighted by Gasteiger charge is 2.36. The summed E-state index contributed by atoms with van der Waals surface area (Å²) in [5, 5.41) is 0. The predicted molar refractivity (Wildman–Crippen MR) is 73.4 cm³/mol. The van der Waals surface area contributed by atoms with Crippen molar-refractivity contribution in [3.63, 3.8) is 0 Å². The van der Waals surface area contributed by atoms with Gasteiger partial charge in [0.05, 0.1) is 33.5 Å². The predicted octanol–water partition coefficient (Wildman–Crippen LogP) is 0.0340. The monoisotopic (exact) mass is 398 g/mol. The third kappa shape index (κ3) is 3.27. The van der Waals surface area contributed by atoms with Gasteiger partial charge in [0.15, 0.2) is 10.3 Å². The van der Waals surface area contributed by atoms with Gasteiger partial charge < -0.3 is 38.2 Å². The molecule has 0 N–H and O–H groups in total. The van der Waals surface area contributed by atoms with Crippen molar-refractivity contribution in [2.75, 3.05) is 32.8 Å². The molecule has 100 valence electrons. The minimum absolute atomic E-state index is 0. The Morgan fingerprint density at radius 3 is 1.83 bits per heavy atom. The molecule has 6 heteroatoms. The maximum atomic E-state index is 5.44. The van der Waals surface area contributed by atoms with E-state index in [4.69, 9.17) is 14.2 Å². The fourth-order valence-electron chi connectivity index (χ4n) is 1.66. The topological polar surface area (TPSA) is 27.7 Å². The highest BCUT2D eigenvalue weighted by molar-refractivity contribution is 8.24. The van der Waals surface area contributed by atoms with Crippen LogP contribution in [0.15, 0.2) is 12.1 Å². The standard InChI is InChI=1S/C12H15O3S2.HI/c1-13-8-6-9(14-2)11(10(7-8)15-3)12-16-4-5-17-12;/h6-7H,4-5H2,1-3H3;1H/q+1;/p-1. The summed E-state index contributed by atoms with van der Waals surface area (Å²) in [6, 6.07) is 3.79. The smallest absolute Gasteiger partial charge is 0.241 e. The van der Waals surface area contributed by atoms with Crippen LogP contribution in [0.5, 0.6) is 17.2 Å². The molecule has 1 aromatic rings. The van der Waals surface area contributed by atoms with E-state index in [0.717, 1.165) is 34.3 Å². The van der Waals surface area contributed by atoms with Crippen molar-refractivity contribution in [1.29, 1.82) is 0 Å². The molecule has 0 saturated carbocycles. The number of methoxy groups -OCH3 is 3. The molecule has 0 atom stereocenters. The van der Waals surface area contributed by atoms with Gasteiger partial charge in [0.1, 0.15) is 0 Å². The quantitative estimate of drug-likeness (QED) is 0.528. The second-order valence-electron chi connectivity index (χ2n) is 3.39. The Labute approximate surface area is 133 Å². The Balaban J connectivity index is 0.00000162. The highest BCUT2D eigenvalue weighted by Crippen LogP contribution is 2.51. The van der Waals surface area contributed by atoms with Crippen LogP contribution in [0.1, 0.15) is 5.56 Å². The molecule has 0 aromatic heterocycles. The number of halogens is 1. The molecule has 1 aliphatic rings. The third-order valence-electron chi connectivity index (χ3n) is 2.47. The summed E-state index contributed by atoms with van der Waals surface area (Å²) in [4.78, 5) is 0. The minimum Gasteiger partial charge on any atom is -1.00 e. The number of hydrogen-bond acceptors (Lipinski definition) is 5. The Bertz CT molecular complexity index is 370. The van der Waals surface area contributed by atoms with Crippen molar-refractivity contribution in [1.82, 2.24) is 0 Å². The number of rotatable bonds is 4. The van der Waals surface area contributed by atoms with Gasteiger partial charge >= 0.3 is 0 Å². The summed E-state index contributed by atoms with van der Waals surface area (Å²) in [7, 11) is 4.98. The fourth-order valence-corrected chi connectivity index (χ4v) is 4.22. The molecule has 1 aliphatic heterocycles. The summed E-state index contributed by atoms with van der Waals surface area (Å²) in [6.45, 7) is 0. The first-order valence-corrected chi connectivity index (χ1v) is 7.20. The van der Waals surface area contributed by atoms with E-state index in [2.05, 4.69) is 0 Å². The molecule has 2 rings (SSSR count). The van der Waals surface area contributed by atoms with E-state index in [1.165, 1.54) is 4.58 Å². The van der Waals surface area contributed by atoms with E-state index in [1.54, 1.807) is 21.3 Å². The number of benzene rings is 1. The maximum Gasteiger partial charge on any atom is 0.241 e. The first kappa shape index (κ1) is 16.0. The zero-order valence-corrected chi connectivity index (χ0v) is 14.3. The van der Waals surface area contributed by atoms with E-state index in [9.17, 15) is 0 Å². The van der Waals surface area contributed by atoms with Crippen molar-refractivity contribution in [2.24, 2.45) is 0 Å². The van der Waals surface area contributed by atoms with Crippen LogP contribution in [0, 0.1) is 4.58 Å². The van der Waals surface area contributed by atoms with Gasteiger partial charge in [-0.15, -0.1) is 0 Å². The molecule has 1 aromatic carbocycles. The Morgan fingerprint density at radius 1 is 0.944 bits per heavy atom. The lowest BCUT2D eigenvalue weighted by Crippen LogP contribution is -3.00. The third-order valence-corrected chi connectivity index (χ3v) is 5.18. The second kappa shape index (κ2) is 7.49. The Kier molecular flexibility index (Phi) is 6.65. The van der Waals surface area contributed by atoms with Crippen molar-refractivity contribution in [3.8, 4) is 17.2 Å². The van der Waals surface area contributed by atoms with Crippen LogP contribution < -0.4 is 38.2 Å². The summed E-state index contributed by atoms with van der Waals surface area (Å²) < 4.78 is 17.4. The lowest BCUT2D eigenvalue weighted by molar-refractivity contribution is -0.00000431. The maximum absolute atomic E-state index is 5.44. The van der Waals surface area contributed by atoms with Crippen LogP contribution in [-0.2, 0) is 0 Å². The number of hydrogen-bond donors (Lipinski definition) is 0. The summed E-state index contributed by atoms with van der Waals surface area (Å²) in [5.41, 5.74) is 1.04. The van der Waals surface area contributed by atoms with E-state index in [1.807, 2.05) is 35.7 Å². The van der Waals surface area contributed by atoms with Gasteiger partial charge in [-0.25, -0.2) is 0 Å². The molecule has 1 fully saturated rings. The zero-order chi connectivity index (χ0) is 12.3. The molecule has 0 spiro atoms. The van der Waals surface area contributed by atoms with E-state index in [0.29, 0.717) is 0 Å². The van der Waals surface area contributed by atoms with Crippen molar-refractivity contribution in [3.05, 3.63) is 22.3 Å². The van der Waals surface area contributed by atoms with E-state index in [-0.39, 0.29) is 24.0 Å².